The molecule has 0 aliphatic heterocycles. The Bertz CT molecular complexity index is 401. The lowest BCUT2D eigenvalue weighted by atomic mass is 9.74. The van der Waals surface area contributed by atoms with E-state index in [0.29, 0.717) is 5.92 Å². The third kappa shape index (κ3) is 2.45. The van der Waals surface area contributed by atoms with Crippen LogP contribution in [0.5, 0.6) is 5.75 Å². The van der Waals surface area contributed by atoms with Crippen LogP contribution in [0.3, 0.4) is 0 Å². The zero-order chi connectivity index (χ0) is 12.5. The number of aliphatic hydroxyl groups is 1. The Balaban J connectivity index is 2.20. The van der Waals surface area contributed by atoms with Crippen LogP contribution in [0.2, 0.25) is 0 Å². The van der Waals surface area contributed by atoms with E-state index in [2.05, 4.69) is 12.1 Å². The molecular formula is C14H21NO2. The number of benzene rings is 1. The van der Waals surface area contributed by atoms with Gasteiger partial charge in [-0.25, -0.2) is 0 Å². The molecule has 2 rings (SSSR count). The molecule has 1 aromatic carbocycles. The molecule has 0 radical (unpaired) electrons. The van der Waals surface area contributed by atoms with Crippen molar-refractivity contribution < 1.29 is 9.84 Å². The fourth-order valence-electron chi connectivity index (χ4n) is 2.55. The number of ether oxygens (including phenoxy) is 1. The summed E-state index contributed by atoms with van der Waals surface area (Å²) >= 11 is 0. The van der Waals surface area contributed by atoms with Gasteiger partial charge in [0.25, 0.3) is 0 Å². The standard InChI is InChI=1S/C14H21NO2/c1-14(15,9-16)12-5-3-11-8-13(17-2)6-4-10(11)7-12/h4,6,8,12,16H,3,5,7,9,15H2,1-2H3/t12-,14-/m0/s1. The second kappa shape index (κ2) is 4.67. The first-order valence-electron chi connectivity index (χ1n) is 6.12. The molecule has 2 atom stereocenters. The quantitative estimate of drug-likeness (QED) is 0.835. The second-order valence-electron chi connectivity index (χ2n) is 5.24. The summed E-state index contributed by atoms with van der Waals surface area (Å²) < 4.78 is 5.23. The molecule has 0 heterocycles. The summed E-state index contributed by atoms with van der Waals surface area (Å²) in [4.78, 5) is 0. The van der Waals surface area contributed by atoms with E-state index in [0.717, 1.165) is 25.0 Å². The molecule has 0 fully saturated rings. The first-order chi connectivity index (χ1) is 8.06. The highest BCUT2D eigenvalue weighted by atomic mass is 16.5. The first-order valence-corrected chi connectivity index (χ1v) is 6.12. The molecule has 0 unspecified atom stereocenters. The summed E-state index contributed by atoms with van der Waals surface area (Å²) in [5.41, 5.74) is 8.35. The number of fused-ring (bicyclic) bond motifs is 1. The second-order valence-corrected chi connectivity index (χ2v) is 5.24. The van der Waals surface area contributed by atoms with Gasteiger partial charge in [0.2, 0.25) is 0 Å². The molecule has 17 heavy (non-hydrogen) atoms. The minimum absolute atomic E-state index is 0.0448. The van der Waals surface area contributed by atoms with Crippen molar-refractivity contribution >= 4 is 0 Å². The van der Waals surface area contributed by atoms with E-state index in [1.807, 2.05) is 13.0 Å². The normalized spacial score (nSPS) is 22.7. The molecule has 1 aromatic rings. The Kier molecular flexibility index (Phi) is 3.40. The summed E-state index contributed by atoms with van der Waals surface area (Å²) in [6.07, 6.45) is 3.00. The highest BCUT2D eigenvalue weighted by molar-refractivity contribution is 5.37. The zero-order valence-corrected chi connectivity index (χ0v) is 10.6. The summed E-state index contributed by atoms with van der Waals surface area (Å²) in [5.74, 6) is 1.27. The zero-order valence-electron chi connectivity index (χ0n) is 10.6. The van der Waals surface area contributed by atoms with Crippen LogP contribution in [0.15, 0.2) is 18.2 Å². The molecule has 3 nitrogen and oxygen atoms in total. The lowest BCUT2D eigenvalue weighted by molar-refractivity contribution is 0.144. The number of hydrogen-bond donors (Lipinski definition) is 2. The topological polar surface area (TPSA) is 55.5 Å². The van der Waals surface area contributed by atoms with E-state index < -0.39 is 5.54 Å². The van der Waals surface area contributed by atoms with Crippen molar-refractivity contribution in [3.05, 3.63) is 29.3 Å². The molecule has 94 valence electrons. The molecule has 3 N–H and O–H groups in total. The van der Waals surface area contributed by atoms with Crippen LogP contribution in [0.4, 0.5) is 0 Å². The van der Waals surface area contributed by atoms with Crippen molar-refractivity contribution in [2.75, 3.05) is 13.7 Å². The molecule has 0 amide bonds. The monoisotopic (exact) mass is 235 g/mol. The molecule has 1 aliphatic rings. The van der Waals surface area contributed by atoms with Crippen LogP contribution in [0.1, 0.15) is 24.5 Å². The van der Waals surface area contributed by atoms with Gasteiger partial charge >= 0.3 is 0 Å². The van der Waals surface area contributed by atoms with Gasteiger partial charge in [-0.15, -0.1) is 0 Å². The summed E-state index contributed by atoms with van der Waals surface area (Å²) in [7, 11) is 1.69. The van der Waals surface area contributed by atoms with Crippen LogP contribution in [0, 0.1) is 5.92 Å². The van der Waals surface area contributed by atoms with Crippen LogP contribution in [0.25, 0.3) is 0 Å². The van der Waals surface area contributed by atoms with Crippen molar-refractivity contribution in [2.24, 2.45) is 11.7 Å². The Morgan fingerprint density at radius 2 is 2.24 bits per heavy atom. The Labute approximate surface area is 103 Å². The molecule has 0 saturated carbocycles. The number of aryl methyl sites for hydroxylation is 1. The highest BCUT2D eigenvalue weighted by Crippen LogP contribution is 2.32. The van der Waals surface area contributed by atoms with Crippen LogP contribution < -0.4 is 10.5 Å². The molecule has 0 bridgehead atoms. The van der Waals surface area contributed by atoms with Crippen LogP contribution in [-0.4, -0.2) is 24.4 Å². The van der Waals surface area contributed by atoms with Crippen LogP contribution in [-0.2, 0) is 12.8 Å². The Hall–Kier alpha value is -1.06. The van der Waals surface area contributed by atoms with E-state index in [-0.39, 0.29) is 6.61 Å². The fraction of sp³-hybridized carbons (Fsp3) is 0.571. The first kappa shape index (κ1) is 12.4. The maximum absolute atomic E-state index is 9.33. The molecule has 0 spiro atoms. The third-order valence-electron chi connectivity index (χ3n) is 3.92. The number of hydrogen-bond acceptors (Lipinski definition) is 3. The molecule has 0 saturated heterocycles. The maximum Gasteiger partial charge on any atom is 0.119 e. The van der Waals surface area contributed by atoms with Gasteiger partial charge in [0, 0.05) is 5.54 Å². The third-order valence-corrected chi connectivity index (χ3v) is 3.92. The van der Waals surface area contributed by atoms with Crippen molar-refractivity contribution in [2.45, 2.75) is 31.7 Å². The summed E-state index contributed by atoms with van der Waals surface area (Å²) in [6.45, 7) is 1.98. The lowest BCUT2D eigenvalue weighted by Gasteiger charge is -2.36. The average Bonchev–Trinajstić information content (AvgIpc) is 2.37. The van der Waals surface area contributed by atoms with E-state index in [1.54, 1.807) is 7.11 Å². The van der Waals surface area contributed by atoms with Gasteiger partial charge in [-0.2, -0.15) is 0 Å². The largest absolute Gasteiger partial charge is 0.497 e. The van der Waals surface area contributed by atoms with Crippen molar-refractivity contribution in [1.29, 1.82) is 0 Å². The number of aliphatic hydroxyl groups excluding tert-OH is 1. The molecule has 1 aliphatic carbocycles. The van der Waals surface area contributed by atoms with E-state index in [1.165, 1.54) is 11.1 Å². The average molecular weight is 235 g/mol. The number of nitrogens with two attached hydrogens (primary N) is 1. The van der Waals surface area contributed by atoms with Crippen molar-refractivity contribution in [1.82, 2.24) is 0 Å². The van der Waals surface area contributed by atoms with Crippen molar-refractivity contribution in [3.63, 3.8) is 0 Å². The molecule has 3 heteroatoms. The predicted molar refractivity (Wildman–Crippen MR) is 68.2 cm³/mol. The fourth-order valence-corrected chi connectivity index (χ4v) is 2.55. The van der Waals surface area contributed by atoms with Gasteiger partial charge in [0.15, 0.2) is 0 Å². The van der Waals surface area contributed by atoms with Crippen molar-refractivity contribution in [3.8, 4) is 5.75 Å². The molecular weight excluding hydrogens is 214 g/mol. The van der Waals surface area contributed by atoms with Gasteiger partial charge in [-0.05, 0) is 55.4 Å². The highest BCUT2D eigenvalue weighted by Gasteiger charge is 2.32. The Morgan fingerprint density at radius 1 is 1.47 bits per heavy atom. The SMILES string of the molecule is COc1ccc2c(c1)CC[C@H]([C@@](C)(N)CO)C2. The number of rotatable bonds is 3. The predicted octanol–water partition coefficient (Wildman–Crippen LogP) is 1.51. The summed E-state index contributed by atoms with van der Waals surface area (Å²) in [5, 5.41) is 9.33. The summed E-state index contributed by atoms with van der Waals surface area (Å²) in [6, 6.07) is 6.22. The van der Waals surface area contributed by atoms with E-state index >= 15 is 0 Å². The van der Waals surface area contributed by atoms with Gasteiger partial charge in [-0.1, -0.05) is 6.07 Å². The van der Waals surface area contributed by atoms with Gasteiger partial charge in [-0.3, -0.25) is 0 Å². The van der Waals surface area contributed by atoms with Crippen LogP contribution >= 0.6 is 0 Å². The van der Waals surface area contributed by atoms with Gasteiger partial charge in [0.05, 0.1) is 13.7 Å². The lowest BCUT2D eigenvalue weighted by Crippen LogP contribution is -2.49. The van der Waals surface area contributed by atoms with E-state index in [4.69, 9.17) is 10.5 Å². The Morgan fingerprint density at radius 3 is 2.88 bits per heavy atom. The van der Waals surface area contributed by atoms with Gasteiger partial charge < -0.3 is 15.6 Å². The molecule has 0 aromatic heterocycles. The maximum atomic E-state index is 9.33. The van der Waals surface area contributed by atoms with E-state index in [9.17, 15) is 5.11 Å². The smallest absolute Gasteiger partial charge is 0.119 e. The minimum Gasteiger partial charge on any atom is -0.497 e. The minimum atomic E-state index is -0.475. The van der Waals surface area contributed by atoms with Gasteiger partial charge in [0.1, 0.15) is 5.75 Å². The number of methoxy groups -OCH3 is 1.